The summed E-state index contributed by atoms with van der Waals surface area (Å²) < 4.78 is 0. The van der Waals surface area contributed by atoms with Crippen LogP contribution in [0.25, 0.3) is 0 Å². The highest BCUT2D eigenvalue weighted by atomic mass is 32.2. The molecule has 3 N–H and O–H groups in total. The normalized spacial score (nSPS) is 11.5. The minimum Gasteiger partial charge on any atom is -0.348 e. The van der Waals surface area contributed by atoms with Crippen molar-refractivity contribution in [1.82, 2.24) is 5.32 Å². The van der Waals surface area contributed by atoms with Gasteiger partial charge in [-0.15, -0.1) is 11.3 Å². The van der Waals surface area contributed by atoms with Crippen LogP contribution in [0.1, 0.15) is 27.9 Å². The lowest BCUT2D eigenvalue weighted by molar-refractivity contribution is 0.0944. The molecule has 0 radical (unpaired) electrons. The van der Waals surface area contributed by atoms with Gasteiger partial charge in [-0.25, -0.2) is 0 Å². The summed E-state index contributed by atoms with van der Waals surface area (Å²) in [7, 11) is 0. The van der Waals surface area contributed by atoms with Gasteiger partial charge in [-0.3, -0.25) is 4.79 Å². The van der Waals surface area contributed by atoms with Crippen molar-refractivity contribution < 1.29 is 4.79 Å². The molecule has 5 heteroatoms. The highest BCUT2D eigenvalue weighted by Gasteiger charge is 2.13. The van der Waals surface area contributed by atoms with E-state index in [2.05, 4.69) is 24.1 Å². The number of thiophene rings is 1. The van der Waals surface area contributed by atoms with Gasteiger partial charge in [0.05, 0.1) is 16.3 Å². The molecule has 0 aromatic carbocycles. The first kappa shape index (κ1) is 15.1. The van der Waals surface area contributed by atoms with Crippen LogP contribution in [0.2, 0.25) is 0 Å². The molecule has 1 unspecified atom stereocenters. The number of hydrogen-bond donors (Lipinski definition) is 2. The number of amides is 1. The van der Waals surface area contributed by atoms with Gasteiger partial charge >= 0.3 is 0 Å². The number of rotatable bonds is 5. The third-order valence-electron chi connectivity index (χ3n) is 2.34. The fraction of sp³-hybridized carbons (Fsp3) is 0.462. The monoisotopic (exact) mass is 282 g/mol. The Labute approximate surface area is 117 Å². The Morgan fingerprint density at radius 2 is 2.39 bits per heavy atom. The molecular weight excluding hydrogens is 264 g/mol. The van der Waals surface area contributed by atoms with Crippen LogP contribution in [0.4, 0.5) is 0 Å². The molecule has 0 aliphatic carbocycles. The van der Waals surface area contributed by atoms with E-state index in [1.807, 2.05) is 18.4 Å². The Morgan fingerprint density at radius 3 is 3.00 bits per heavy atom. The summed E-state index contributed by atoms with van der Waals surface area (Å²) in [5.74, 6) is 6.64. The molecule has 0 fully saturated rings. The maximum absolute atomic E-state index is 12.0. The summed E-state index contributed by atoms with van der Waals surface area (Å²) in [5.41, 5.74) is 5.31. The van der Waals surface area contributed by atoms with Crippen molar-refractivity contribution in [2.45, 2.75) is 19.4 Å². The highest BCUT2D eigenvalue weighted by Crippen LogP contribution is 2.15. The zero-order valence-electron chi connectivity index (χ0n) is 10.7. The lowest BCUT2D eigenvalue weighted by Gasteiger charge is -2.14. The van der Waals surface area contributed by atoms with Crippen LogP contribution in [0.3, 0.4) is 0 Å². The van der Waals surface area contributed by atoms with Crippen molar-refractivity contribution >= 4 is 29.0 Å². The average Bonchev–Trinajstić information content (AvgIpc) is 2.84. The highest BCUT2D eigenvalue weighted by molar-refractivity contribution is 7.98. The molecule has 1 amide bonds. The van der Waals surface area contributed by atoms with Gasteiger partial charge in [-0.1, -0.05) is 18.8 Å². The second-order valence-corrected chi connectivity index (χ2v) is 5.70. The third kappa shape index (κ3) is 4.73. The van der Waals surface area contributed by atoms with Crippen molar-refractivity contribution in [3.8, 4) is 11.8 Å². The molecule has 1 aromatic heterocycles. The van der Waals surface area contributed by atoms with E-state index in [0.717, 1.165) is 17.1 Å². The number of thioether (sulfide) groups is 1. The van der Waals surface area contributed by atoms with Gasteiger partial charge in [-0.2, -0.15) is 11.8 Å². The van der Waals surface area contributed by atoms with E-state index in [4.69, 9.17) is 5.73 Å². The molecule has 98 valence electrons. The van der Waals surface area contributed by atoms with Gasteiger partial charge in [0, 0.05) is 11.8 Å². The van der Waals surface area contributed by atoms with E-state index in [-0.39, 0.29) is 11.9 Å². The maximum atomic E-state index is 12.0. The molecule has 0 aliphatic heterocycles. The lowest BCUT2D eigenvalue weighted by atomic mass is 10.2. The second kappa shape index (κ2) is 8.20. The Balaban J connectivity index is 2.63. The largest absolute Gasteiger partial charge is 0.348 e. The van der Waals surface area contributed by atoms with Crippen LogP contribution in [0, 0.1) is 11.8 Å². The first-order chi connectivity index (χ1) is 8.71. The first-order valence-corrected chi connectivity index (χ1v) is 8.00. The molecule has 0 bridgehead atoms. The Bertz CT molecular complexity index is 445. The molecule has 1 atom stereocenters. The standard InChI is InChI=1S/C13H18N2OS2/c1-3-10(9-17-2)15-13(16)12-7-6-11(18-12)5-4-8-14/h6-7,10H,3,8-9,14H2,1-2H3,(H,15,16). The molecule has 18 heavy (non-hydrogen) atoms. The molecule has 0 aliphatic rings. The zero-order chi connectivity index (χ0) is 13.4. The van der Waals surface area contributed by atoms with E-state index in [1.165, 1.54) is 11.3 Å². The fourth-order valence-electron chi connectivity index (χ4n) is 1.38. The molecule has 1 rings (SSSR count). The summed E-state index contributed by atoms with van der Waals surface area (Å²) in [6, 6.07) is 3.90. The molecule has 0 saturated heterocycles. The summed E-state index contributed by atoms with van der Waals surface area (Å²) in [6.45, 7) is 2.42. The van der Waals surface area contributed by atoms with Crippen molar-refractivity contribution in [3.05, 3.63) is 21.9 Å². The van der Waals surface area contributed by atoms with Gasteiger partial charge in [0.15, 0.2) is 0 Å². The minimum absolute atomic E-state index is 0.0123. The van der Waals surface area contributed by atoms with E-state index >= 15 is 0 Å². The Morgan fingerprint density at radius 1 is 1.61 bits per heavy atom. The van der Waals surface area contributed by atoms with Crippen LogP contribution in [-0.4, -0.2) is 30.5 Å². The van der Waals surface area contributed by atoms with Crippen LogP contribution in [0.5, 0.6) is 0 Å². The van der Waals surface area contributed by atoms with E-state index in [0.29, 0.717) is 11.4 Å². The van der Waals surface area contributed by atoms with Gasteiger partial charge in [0.2, 0.25) is 0 Å². The molecule has 1 heterocycles. The molecular formula is C13H18N2OS2. The van der Waals surface area contributed by atoms with Crippen molar-refractivity contribution in [3.63, 3.8) is 0 Å². The number of carbonyl (C=O) groups excluding carboxylic acids is 1. The number of nitrogens with two attached hydrogens (primary N) is 1. The minimum atomic E-state index is -0.0123. The van der Waals surface area contributed by atoms with Crippen LogP contribution >= 0.6 is 23.1 Å². The summed E-state index contributed by atoms with van der Waals surface area (Å²) in [6.07, 6.45) is 2.98. The Hall–Kier alpha value is -0.960. The van der Waals surface area contributed by atoms with E-state index < -0.39 is 0 Å². The fourth-order valence-corrected chi connectivity index (χ4v) is 2.89. The van der Waals surface area contributed by atoms with E-state index in [9.17, 15) is 4.79 Å². The summed E-state index contributed by atoms with van der Waals surface area (Å²) in [4.78, 5) is 13.6. The molecule has 3 nitrogen and oxygen atoms in total. The first-order valence-electron chi connectivity index (χ1n) is 5.79. The Kier molecular flexibility index (Phi) is 6.88. The third-order valence-corrected chi connectivity index (χ3v) is 4.07. The van der Waals surface area contributed by atoms with Gasteiger partial charge in [-0.05, 0) is 24.8 Å². The predicted molar refractivity (Wildman–Crippen MR) is 80.2 cm³/mol. The van der Waals surface area contributed by atoms with Gasteiger partial charge < -0.3 is 11.1 Å². The smallest absolute Gasteiger partial charge is 0.261 e. The summed E-state index contributed by atoms with van der Waals surface area (Å²) in [5, 5.41) is 3.03. The molecule has 0 spiro atoms. The van der Waals surface area contributed by atoms with E-state index in [1.54, 1.807) is 11.8 Å². The zero-order valence-corrected chi connectivity index (χ0v) is 12.3. The van der Waals surface area contributed by atoms with Crippen LogP contribution in [0.15, 0.2) is 12.1 Å². The van der Waals surface area contributed by atoms with Crippen molar-refractivity contribution in [2.75, 3.05) is 18.6 Å². The SMILES string of the molecule is CCC(CSC)NC(=O)c1ccc(C#CCN)s1. The maximum Gasteiger partial charge on any atom is 0.261 e. The van der Waals surface area contributed by atoms with Gasteiger partial charge in [0.25, 0.3) is 5.91 Å². The van der Waals surface area contributed by atoms with Crippen LogP contribution < -0.4 is 11.1 Å². The average molecular weight is 282 g/mol. The predicted octanol–water partition coefficient (Wildman–Crippen LogP) is 1.93. The lowest BCUT2D eigenvalue weighted by Crippen LogP contribution is -2.35. The van der Waals surface area contributed by atoms with Gasteiger partial charge in [0.1, 0.15) is 0 Å². The topological polar surface area (TPSA) is 55.1 Å². The number of nitrogens with one attached hydrogen (secondary N) is 1. The second-order valence-electron chi connectivity index (χ2n) is 3.70. The van der Waals surface area contributed by atoms with Crippen molar-refractivity contribution in [1.29, 1.82) is 0 Å². The molecule has 1 aromatic rings. The summed E-state index contributed by atoms with van der Waals surface area (Å²) >= 11 is 3.14. The van der Waals surface area contributed by atoms with Crippen LogP contribution in [-0.2, 0) is 0 Å². The number of hydrogen-bond acceptors (Lipinski definition) is 4. The molecule has 0 saturated carbocycles. The quantitative estimate of drug-likeness (QED) is 0.811. The number of carbonyl (C=O) groups is 1. The van der Waals surface area contributed by atoms with Crippen molar-refractivity contribution in [2.24, 2.45) is 5.73 Å².